The number of fused-ring (bicyclic) bond motifs is 1. The molecule has 4 nitrogen and oxygen atoms in total. The van der Waals surface area contributed by atoms with Crippen LogP contribution in [0.15, 0.2) is 42.5 Å². The van der Waals surface area contributed by atoms with Crippen molar-refractivity contribution in [1.82, 2.24) is 5.32 Å². The van der Waals surface area contributed by atoms with E-state index < -0.39 is 0 Å². The van der Waals surface area contributed by atoms with Gasteiger partial charge in [-0.05, 0) is 34.9 Å². The summed E-state index contributed by atoms with van der Waals surface area (Å²) < 4.78 is 0. The summed E-state index contributed by atoms with van der Waals surface area (Å²) in [5.74, 6) is 0.0759. The van der Waals surface area contributed by atoms with E-state index in [0.717, 1.165) is 30.0 Å². The lowest BCUT2D eigenvalue weighted by molar-refractivity contribution is -0.115. The third kappa shape index (κ3) is 2.81. The Morgan fingerprint density at radius 1 is 1.05 bits per heavy atom. The monoisotopic (exact) mass is 267 g/mol. The second-order valence-corrected chi connectivity index (χ2v) is 5.06. The Kier molecular flexibility index (Phi) is 3.39. The lowest BCUT2D eigenvalue weighted by Gasteiger charge is -2.07. The number of rotatable bonds is 4. The Bertz CT molecular complexity index is 635. The highest BCUT2D eigenvalue weighted by atomic mass is 16.1. The molecule has 2 aromatic rings. The van der Waals surface area contributed by atoms with Crippen LogP contribution in [0.25, 0.3) is 0 Å². The summed E-state index contributed by atoms with van der Waals surface area (Å²) >= 11 is 0. The van der Waals surface area contributed by atoms with Crippen molar-refractivity contribution in [1.29, 1.82) is 0 Å². The first kappa shape index (κ1) is 12.7. The molecule has 20 heavy (non-hydrogen) atoms. The molecule has 1 heterocycles. The molecule has 0 aromatic heterocycles. The lowest BCUT2D eigenvalue weighted by Crippen LogP contribution is -2.12. The number of nitrogens with one attached hydrogen (secondary N) is 2. The SMILES string of the molecule is Nc1ccc(CNCc2ccc3c(c2)CC(=O)N3)cc1. The van der Waals surface area contributed by atoms with E-state index in [0.29, 0.717) is 6.42 Å². The summed E-state index contributed by atoms with van der Waals surface area (Å²) in [4.78, 5) is 11.3. The van der Waals surface area contributed by atoms with Crippen molar-refractivity contribution in [3.63, 3.8) is 0 Å². The normalized spacial score (nSPS) is 13.1. The van der Waals surface area contributed by atoms with Gasteiger partial charge in [0.05, 0.1) is 6.42 Å². The number of nitrogens with two attached hydrogens (primary N) is 1. The number of hydrogen-bond donors (Lipinski definition) is 3. The molecule has 1 amide bonds. The number of carbonyl (C=O) groups excluding carboxylic acids is 1. The maximum atomic E-state index is 11.3. The molecule has 0 radical (unpaired) electrons. The van der Waals surface area contributed by atoms with Crippen LogP contribution in [-0.4, -0.2) is 5.91 Å². The van der Waals surface area contributed by atoms with Gasteiger partial charge in [-0.15, -0.1) is 0 Å². The minimum atomic E-state index is 0.0759. The Hall–Kier alpha value is -2.33. The number of amides is 1. The maximum absolute atomic E-state index is 11.3. The predicted octanol–water partition coefficient (Wildman–Crippen LogP) is 2.05. The molecule has 0 saturated heterocycles. The molecular weight excluding hydrogens is 250 g/mol. The molecule has 3 rings (SSSR count). The highest BCUT2D eigenvalue weighted by Gasteiger charge is 2.17. The van der Waals surface area contributed by atoms with Gasteiger partial charge >= 0.3 is 0 Å². The van der Waals surface area contributed by atoms with Gasteiger partial charge in [0, 0.05) is 24.5 Å². The summed E-state index contributed by atoms with van der Waals surface area (Å²) in [6, 6.07) is 14.0. The van der Waals surface area contributed by atoms with E-state index in [4.69, 9.17) is 5.73 Å². The van der Waals surface area contributed by atoms with Gasteiger partial charge in [0.1, 0.15) is 0 Å². The van der Waals surface area contributed by atoms with E-state index in [-0.39, 0.29) is 5.91 Å². The van der Waals surface area contributed by atoms with Crippen molar-refractivity contribution in [2.45, 2.75) is 19.5 Å². The fourth-order valence-electron chi connectivity index (χ4n) is 2.38. The number of anilines is 2. The maximum Gasteiger partial charge on any atom is 0.228 e. The van der Waals surface area contributed by atoms with Gasteiger partial charge in [-0.3, -0.25) is 4.79 Å². The summed E-state index contributed by atoms with van der Waals surface area (Å²) in [7, 11) is 0. The van der Waals surface area contributed by atoms with Crippen LogP contribution in [0.2, 0.25) is 0 Å². The first-order chi connectivity index (χ1) is 9.70. The molecule has 0 unspecified atom stereocenters. The quantitative estimate of drug-likeness (QED) is 0.743. The number of benzene rings is 2. The fourth-order valence-corrected chi connectivity index (χ4v) is 2.38. The zero-order valence-corrected chi connectivity index (χ0v) is 11.1. The first-order valence-electron chi connectivity index (χ1n) is 6.67. The van der Waals surface area contributed by atoms with Crippen LogP contribution in [0, 0.1) is 0 Å². The molecule has 0 bridgehead atoms. The number of nitrogen functional groups attached to an aromatic ring is 1. The van der Waals surface area contributed by atoms with Crippen LogP contribution in [-0.2, 0) is 24.3 Å². The highest BCUT2D eigenvalue weighted by Crippen LogP contribution is 2.23. The minimum Gasteiger partial charge on any atom is -0.399 e. The van der Waals surface area contributed by atoms with Gasteiger partial charge in [0.2, 0.25) is 5.91 Å². The second-order valence-electron chi connectivity index (χ2n) is 5.06. The first-order valence-corrected chi connectivity index (χ1v) is 6.67. The largest absolute Gasteiger partial charge is 0.399 e. The van der Waals surface area contributed by atoms with Crippen LogP contribution >= 0.6 is 0 Å². The standard InChI is InChI=1S/C16H17N3O/c17-14-4-1-11(2-5-14)9-18-10-12-3-6-15-13(7-12)8-16(20)19-15/h1-7,18H,8-10,17H2,(H,19,20). The van der Waals surface area contributed by atoms with E-state index in [1.807, 2.05) is 36.4 Å². The zero-order valence-electron chi connectivity index (χ0n) is 11.1. The van der Waals surface area contributed by atoms with Crippen molar-refractivity contribution < 1.29 is 4.79 Å². The Morgan fingerprint density at radius 3 is 2.55 bits per heavy atom. The summed E-state index contributed by atoms with van der Waals surface area (Å²) in [5, 5.41) is 6.23. The van der Waals surface area contributed by atoms with Gasteiger partial charge in [-0.2, -0.15) is 0 Å². The van der Waals surface area contributed by atoms with Gasteiger partial charge in [0.25, 0.3) is 0 Å². The number of hydrogen-bond acceptors (Lipinski definition) is 3. The van der Waals surface area contributed by atoms with Gasteiger partial charge in [0.15, 0.2) is 0 Å². The Balaban J connectivity index is 1.58. The van der Waals surface area contributed by atoms with E-state index in [1.54, 1.807) is 0 Å². The third-order valence-electron chi connectivity index (χ3n) is 3.43. The van der Waals surface area contributed by atoms with E-state index in [1.165, 1.54) is 11.1 Å². The van der Waals surface area contributed by atoms with Crippen molar-refractivity contribution >= 4 is 17.3 Å². The predicted molar refractivity (Wildman–Crippen MR) is 80.2 cm³/mol. The van der Waals surface area contributed by atoms with Crippen molar-refractivity contribution in [3.8, 4) is 0 Å². The van der Waals surface area contributed by atoms with Crippen LogP contribution in [0.4, 0.5) is 11.4 Å². The molecule has 4 heteroatoms. The van der Waals surface area contributed by atoms with E-state index in [9.17, 15) is 4.79 Å². The molecule has 4 N–H and O–H groups in total. The second kappa shape index (κ2) is 5.35. The zero-order chi connectivity index (χ0) is 13.9. The molecule has 1 aliphatic rings. The summed E-state index contributed by atoms with van der Waals surface area (Å²) in [5.41, 5.74) is 10.9. The van der Waals surface area contributed by atoms with Crippen LogP contribution < -0.4 is 16.4 Å². The van der Waals surface area contributed by atoms with E-state index in [2.05, 4.69) is 16.7 Å². The van der Waals surface area contributed by atoms with Crippen LogP contribution in [0.5, 0.6) is 0 Å². The fraction of sp³-hybridized carbons (Fsp3) is 0.188. The molecule has 1 aliphatic heterocycles. The Morgan fingerprint density at radius 2 is 1.75 bits per heavy atom. The van der Waals surface area contributed by atoms with Gasteiger partial charge in [-0.25, -0.2) is 0 Å². The lowest BCUT2D eigenvalue weighted by atomic mass is 10.1. The molecule has 2 aromatic carbocycles. The molecule has 0 atom stereocenters. The summed E-state index contributed by atoms with van der Waals surface area (Å²) in [6.45, 7) is 1.58. The molecule has 0 saturated carbocycles. The molecule has 102 valence electrons. The molecule has 0 aliphatic carbocycles. The Labute approximate surface area is 118 Å². The van der Waals surface area contributed by atoms with Crippen molar-refractivity contribution in [3.05, 3.63) is 59.2 Å². The van der Waals surface area contributed by atoms with E-state index >= 15 is 0 Å². The highest BCUT2D eigenvalue weighted by molar-refractivity contribution is 5.99. The van der Waals surface area contributed by atoms with Crippen LogP contribution in [0.1, 0.15) is 16.7 Å². The molecule has 0 spiro atoms. The smallest absolute Gasteiger partial charge is 0.228 e. The molecular formula is C16H17N3O. The summed E-state index contributed by atoms with van der Waals surface area (Å²) in [6.07, 6.45) is 0.487. The van der Waals surface area contributed by atoms with Gasteiger partial charge < -0.3 is 16.4 Å². The topological polar surface area (TPSA) is 67.1 Å². The average molecular weight is 267 g/mol. The third-order valence-corrected chi connectivity index (χ3v) is 3.43. The molecule has 0 fully saturated rings. The number of carbonyl (C=O) groups is 1. The minimum absolute atomic E-state index is 0.0759. The van der Waals surface area contributed by atoms with Crippen molar-refractivity contribution in [2.75, 3.05) is 11.1 Å². The average Bonchev–Trinajstić information content (AvgIpc) is 2.80. The van der Waals surface area contributed by atoms with Gasteiger partial charge in [-0.1, -0.05) is 24.3 Å². The van der Waals surface area contributed by atoms with Crippen molar-refractivity contribution in [2.24, 2.45) is 0 Å². The van der Waals surface area contributed by atoms with Crippen LogP contribution in [0.3, 0.4) is 0 Å².